The topological polar surface area (TPSA) is 43.4 Å². The molecule has 0 heterocycles. The summed E-state index contributed by atoms with van der Waals surface area (Å²) in [7, 11) is 0. The van der Waals surface area contributed by atoms with Crippen LogP contribution in [-0.4, -0.2) is 11.8 Å². The molecule has 0 spiro atoms. The van der Waals surface area contributed by atoms with Gasteiger partial charge in [0.2, 0.25) is 0 Å². The number of hydrogen-bond donors (Lipinski definition) is 0. The maximum absolute atomic E-state index is 12.3. The Labute approximate surface area is 140 Å². The zero-order valence-corrected chi connectivity index (χ0v) is 13.2. The molecule has 0 radical (unpaired) electrons. The Balaban J connectivity index is 1.73. The molecular formula is C21H16O3. The largest absolute Gasteiger partial charge is 0.423 e. The van der Waals surface area contributed by atoms with E-state index in [0.29, 0.717) is 22.4 Å². The second-order valence-corrected chi connectivity index (χ2v) is 5.48. The molecule has 0 fully saturated rings. The van der Waals surface area contributed by atoms with E-state index in [0.717, 1.165) is 5.56 Å². The molecule has 24 heavy (non-hydrogen) atoms. The molecule has 0 amide bonds. The maximum atomic E-state index is 12.3. The number of hydrogen-bond acceptors (Lipinski definition) is 3. The van der Waals surface area contributed by atoms with E-state index in [1.165, 1.54) is 0 Å². The molecule has 3 rings (SSSR count). The summed E-state index contributed by atoms with van der Waals surface area (Å²) < 4.78 is 5.32. The summed E-state index contributed by atoms with van der Waals surface area (Å²) in [6.45, 7) is 1.97. The smallest absolute Gasteiger partial charge is 0.343 e. The van der Waals surface area contributed by atoms with Crippen LogP contribution in [0, 0.1) is 6.92 Å². The van der Waals surface area contributed by atoms with Gasteiger partial charge in [0, 0.05) is 11.1 Å². The van der Waals surface area contributed by atoms with Crippen LogP contribution in [0.3, 0.4) is 0 Å². The van der Waals surface area contributed by atoms with Crippen molar-refractivity contribution >= 4 is 11.8 Å². The van der Waals surface area contributed by atoms with Crippen LogP contribution in [0.15, 0.2) is 78.9 Å². The standard InChI is InChI=1S/C21H16O3/c1-15-7-13-19(14-8-15)24-21(23)18-11-9-17(10-12-18)20(22)16-5-3-2-4-6-16/h2-14H,1H3. The normalized spacial score (nSPS) is 10.2. The first-order valence-electron chi connectivity index (χ1n) is 7.62. The number of esters is 1. The molecular weight excluding hydrogens is 300 g/mol. The van der Waals surface area contributed by atoms with Gasteiger partial charge in [0.25, 0.3) is 0 Å². The highest BCUT2D eigenvalue weighted by atomic mass is 16.5. The third kappa shape index (κ3) is 3.58. The predicted molar refractivity (Wildman–Crippen MR) is 92.5 cm³/mol. The van der Waals surface area contributed by atoms with Crippen LogP contribution < -0.4 is 4.74 Å². The fraction of sp³-hybridized carbons (Fsp3) is 0.0476. The van der Waals surface area contributed by atoms with E-state index in [4.69, 9.17) is 4.74 Å². The quantitative estimate of drug-likeness (QED) is 0.406. The molecule has 0 saturated heterocycles. The molecule has 0 saturated carbocycles. The highest BCUT2D eigenvalue weighted by Gasteiger charge is 2.12. The van der Waals surface area contributed by atoms with E-state index < -0.39 is 5.97 Å². The van der Waals surface area contributed by atoms with Crippen molar-refractivity contribution in [3.8, 4) is 5.75 Å². The van der Waals surface area contributed by atoms with Gasteiger partial charge < -0.3 is 4.74 Å². The second-order valence-electron chi connectivity index (χ2n) is 5.48. The predicted octanol–water partition coefficient (Wildman–Crippen LogP) is 4.45. The van der Waals surface area contributed by atoms with E-state index in [1.54, 1.807) is 48.5 Å². The zero-order valence-electron chi connectivity index (χ0n) is 13.2. The highest BCUT2D eigenvalue weighted by Crippen LogP contribution is 2.15. The van der Waals surface area contributed by atoms with Crippen LogP contribution in [-0.2, 0) is 0 Å². The van der Waals surface area contributed by atoms with Crippen LogP contribution in [0.5, 0.6) is 5.75 Å². The molecule has 3 nitrogen and oxygen atoms in total. The van der Waals surface area contributed by atoms with Crippen molar-refractivity contribution in [1.82, 2.24) is 0 Å². The summed E-state index contributed by atoms with van der Waals surface area (Å²) in [6.07, 6.45) is 0. The van der Waals surface area contributed by atoms with Crippen molar-refractivity contribution in [2.24, 2.45) is 0 Å². The molecule has 3 heteroatoms. The lowest BCUT2D eigenvalue weighted by atomic mass is 10.0. The van der Waals surface area contributed by atoms with Crippen LogP contribution in [0.1, 0.15) is 31.8 Å². The van der Waals surface area contributed by atoms with Gasteiger partial charge in [-0.1, -0.05) is 60.2 Å². The molecule has 118 valence electrons. The molecule has 0 aliphatic carbocycles. The molecule has 0 atom stereocenters. The van der Waals surface area contributed by atoms with Gasteiger partial charge >= 0.3 is 5.97 Å². The Bertz CT molecular complexity index is 848. The van der Waals surface area contributed by atoms with E-state index in [1.807, 2.05) is 37.3 Å². The molecule has 0 aliphatic heterocycles. The Hall–Kier alpha value is -3.20. The lowest BCUT2D eigenvalue weighted by Gasteiger charge is -2.06. The molecule has 0 bridgehead atoms. The lowest BCUT2D eigenvalue weighted by molar-refractivity contribution is 0.0734. The number of carbonyl (C=O) groups excluding carboxylic acids is 2. The first-order chi connectivity index (χ1) is 11.6. The van der Waals surface area contributed by atoms with Gasteiger partial charge in [-0.3, -0.25) is 4.79 Å². The minimum atomic E-state index is -0.447. The van der Waals surface area contributed by atoms with Gasteiger partial charge in [0.15, 0.2) is 5.78 Å². The maximum Gasteiger partial charge on any atom is 0.343 e. The Morgan fingerprint density at radius 1 is 0.667 bits per heavy atom. The first-order valence-corrected chi connectivity index (χ1v) is 7.62. The summed E-state index contributed by atoms with van der Waals surface area (Å²) in [5.41, 5.74) is 2.65. The van der Waals surface area contributed by atoms with Crippen molar-refractivity contribution in [3.63, 3.8) is 0 Å². The third-order valence-corrected chi connectivity index (χ3v) is 3.65. The van der Waals surface area contributed by atoms with Gasteiger partial charge in [0.05, 0.1) is 5.56 Å². The van der Waals surface area contributed by atoms with E-state index in [9.17, 15) is 9.59 Å². The SMILES string of the molecule is Cc1ccc(OC(=O)c2ccc(C(=O)c3ccccc3)cc2)cc1. The van der Waals surface area contributed by atoms with Crippen LogP contribution in [0.4, 0.5) is 0 Å². The zero-order chi connectivity index (χ0) is 16.9. The van der Waals surface area contributed by atoms with Gasteiger partial charge in [-0.25, -0.2) is 4.79 Å². The molecule has 0 N–H and O–H groups in total. The van der Waals surface area contributed by atoms with Crippen molar-refractivity contribution in [2.45, 2.75) is 6.92 Å². The number of ether oxygens (including phenoxy) is 1. The monoisotopic (exact) mass is 316 g/mol. The van der Waals surface area contributed by atoms with Crippen molar-refractivity contribution in [2.75, 3.05) is 0 Å². The number of ketones is 1. The molecule has 3 aromatic carbocycles. The fourth-order valence-corrected chi connectivity index (χ4v) is 2.29. The van der Waals surface area contributed by atoms with E-state index in [-0.39, 0.29) is 5.78 Å². The van der Waals surface area contributed by atoms with Gasteiger partial charge in [0.1, 0.15) is 5.75 Å². The van der Waals surface area contributed by atoms with Crippen molar-refractivity contribution in [1.29, 1.82) is 0 Å². The Kier molecular flexibility index (Phi) is 4.52. The third-order valence-electron chi connectivity index (χ3n) is 3.65. The summed E-state index contributed by atoms with van der Waals surface area (Å²) in [4.78, 5) is 24.5. The van der Waals surface area contributed by atoms with Crippen LogP contribution in [0.25, 0.3) is 0 Å². The van der Waals surface area contributed by atoms with Crippen molar-refractivity contribution < 1.29 is 14.3 Å². The average molecular weight is 316 g/mol. The average Bonchev–Trinajstić information content (AvgIpc) is 2.64. The summed E-state index contributed by atoms with van der Waals surface area (Å²) in [6, 6.07) is 22.8. The molecule has 0 unspecified atom stereocenters. The molecule has 0 aliphatic rings. The number of carbonyl (C=O) groups is 2. The second kappa shape index (κ2) is 6.92. The van der Waals surface area contributed by atoms with Crippen LogP contribution in [0.2, 0.25) is 0 Å². The van der Waals surface area contributed by atoms with Gasteiger partial charge in [-0.2, -0.15) is 0 Å². The Morgan fingerprint density at radius 2 is 1.21 bits per heavy atom. The summed E-state index contributed by atoms with van der Waals surface area (Å²) in [5, 5.41) is 0. The minimum Gasteiger partial charge on any atom is -0.423 e. The van der Waals surface area contributed by atoms with Crippen molar-refractivity contribution in [3.05, 3.63) is 101 Å². The van der Waals surface area contributed by atoms with Crippen LogP contribution >= 0.6 is 0 Å². The van der Waals surface area contributed by atoms with Gasteiger partial charge in [-0.05, 0) is 31.2 Å². The summed E-state index contributed by atoms with van der Waals surface area (Å²) in [5.74, 6) is -0.0262. The van der Waals surface area contributed by atoms with E-state index >= 15 is 0 Å². The number of aryl methyl sites for hydroxylation is 1. The van der Waals surface area contributed by atoms with E-state index in [2.05, 4.69) is 0 Å². The fourth-order valence-electron chi connectivity index (χ4n) is 2.29. The minimum absolute atomic E-state index is 0.0750. The highest BCUT2D eigenvalue weighted by molar-refractivity contribution is 6.09. The van der Waals surface area contributed by atoms with Gasteiger partial charge in [-0.15, -0.1) is 0 Å². The summed E-state index contributed by atoms with van der Waals surface area (Å²) >= 11 is 0. The lowest BCUT2D eigenvalue weighted by Crippen LogP contribution is -2.09. The molecule has 0 aromatic heterocycles. The molecule has 3 aromatic rings. The first kappa shape index (κ1) is 15.7. The number of benzene rings is 3. The Morgan fingerprint density at radius 3 is 1.83 bits per heavy atom. The number of rotatable bonds is 4.